The lowest BCUT2D eigenvalue weighted by Gasteiger charge is -2.21. The molecular formula is C25H21BrN4O2. The van der Waals surface area contributed by atoms with Crippen LogP contribution in [-0.2, 0) is 0 Å². The average molecular weight is 489 g/mol. The van der Waals surface area contributed by atoms with Crippen LogP contribution in [0, 0.1) is 6.92 Å². The molecule has 0 aliphatic carbocycles. The number of halogens is 1. The first-order valence-electron chi connectivity index (χ1n) is 10.4. The molecule has 1 aliphatic heterocycles. The summed E-state index contributed by atoms with van der Waals surface area (Å²) >= 11 is 3.60. The molecule has 1 saturated heterocycles. The lowest BCUT2D eigenvalue weighted by molar-refractivity contribution is 0.102. The van der Waals surface area contributed by atoms with Gasteiger partial charge in [0.2, 0.25) is 0 Å². The number of rotatable bonds is 3. The molecule has 1 aromatic heterocycles. The van der Waals surface area contributed by atoms with Crippen LogP contribution in [0.3, 0.4) is 0 Å². The summed E-state index contributed by atoms with van der Waals surface area (Å²) in [6, 6.07) is 17.3. The smallest absolute Gasteiger partial charge is 0.324 e. The fourth-order valence-corrected chi connectivity index (χ4v) is 4.89. The number of aryl methyl sites for hydroxylation is 1. The molecule has 5 rings (SSSR count). The lowest BCUT2D eigenvalue weighted by atomic mass is 10.1. The highest BCUT2D eigenvalue weighted by molar-refractivity contribution is 9.10. The van der Waals surface area contributed by atoms with Gasteiger partial charge in [0.15, 0.2) is 0 Å². The van der Waals surface area contributed by atoms with Crippen molar-refractivity contribution in [2.45, 2.75) is 6.92 Å². The number of carbonyl (C=O) groups excluding carboxylic acids is 2. The lowest BCUT2D eigenvalue weighted by Crippen LogP contribution is -2.30. The van der Waals surface area contributed by atoms with Gasteiger partial charge in [-0.05, 0) is 51.3 Å². The second-order valence-corrected chi connectivity index (χ2v) is 8.74. The Morgan fingerprint density at radius 2 is 1.81 bits per heavy atom. The van der Waals surface area contributed by atoms with Gasteiger partial charge in [-0.2, -0.15) is 0 Å². The minimum atomic E-state index is -0.226. The molecule has 0 bridgehead atoms. The summed E-state index contributed by atoms with van der Waals surface area (Å²) in [5.41, 5.74) is 3.56. The first-order valence-corrected chi connectivity index (χ1v) is 11.1. The van der Waals surface area contributed by atoms with Crippen molar-refractivity contribution in [3.8, 4) is 0 Å². The summed E-state index contributed by atoms with van der Waals surface area (Å²) in [5, 5.41) is 5.89. The average Bonchev–Trinajstić information content (AvgIpc) is 3.12. The Morgan fingerprint density at radius 3 is 2.59 bits per heavy atom. The molecule has 0 atom stereocenters. The number of carbonyl (C=O) groups is 2. The van der Waals surface area contributed by atoms with Crippen molar-refractivity contribution < 1.29 is 9.59 Å². The van der Waals surface area contributed by atoms with Crippen molar-refractivity contribution in [1.29, 1.82) is 0 Å². The molecule has 4 aromatic rings. The van der Waals surface area contributed by atoms with Gasteiger partial charge in [-0.1, -0.05) is 42.5 Å². The van der Waals surface area contributed by atoms with Crippen LogP contribution in [0.4, 0.5) is 16.2 Å². The summed E-state index contributed by atoms with van der Waals surface area (Å²) in [7, 11) is 1.80. The molecular weight excluding hydrogens is 468 g/mol. The Balaban J connectivity index is 1.56. The number of hydrogen-bond acceptors (Lipinski definition) is 3. The molecule has 32 heavy (non-hydrogen) atoms. The zero-order valence-electron chi connectivity index (χ0n) is 17.7. The topological polar surface area (TPSA) is 65.5 Å². The van der Waals surface area contributed by atoms with Crippen LogP contribution in [-0.4, -0.2) is 42.0 Å². The number of benzene rings is 3. The number of aromatic nitrogens is 1. The van der Waals surface area contributed by atoms with Gasteiger partial charge in [-0.3, -0.25) is 14.7 Å². The zero-order chi connectivity index (χ0) is 22.4. The minimum absolute atomic E-state index is 0.0323. The number of likely N-dealkylation sites (N-methyl/N-ethyl adjacent to an activating group) is 1. The standard InChI is InChI=1S/C25H21BrN4O2/c1-15-14-27-22-19(23(15)30-13-12-29(2)25(30)32)8-5-9-20(22)28-24(31)18-11-10-16-6-3-4-7-17(16)21(18)26/h3-11,14H,12-13H2,1-2H3,(H,28,31). The van der Waals surface area contributed by atoms with E-state index in [2.05, 4.69) is 26.2 Å². The maximum Gasteiger partial charge on any atom is 0.324 e. The van der Waals surface area contributed by atoms with E-state index in [-0.39, 0.29) is 11.9 Å². The molecule has 3 amide bonds. The van der Waals surface area contributed by atoms with Gasteiger partial charge in [-0.15, -0.1) is 0 Å². The third-order valence-electron chi connectivity index (χ3n) is 5.89. The summed E-state index contributed by atoms with van der Waals surface area (Å²) in [4.78, 5) is 33.9. The van der Waals surface area contributed by atoms with Gasteiger partial charge < -0.3 is 10.2 Å². The molecule has 7 heteroatoms. The van der Waals surface area contributed by atoms with Crippen LogP contribution < -0.4 is 10.2 Å². The van der Waals surface area contributed by atoms with Gasteiger partial charge in [0.25, 0.3) is 5.91 Å². The second-order valence-electron chi connectivity index (χ2n) is 7.95. The summed E-state index contributed by atoms with van der Waals surface area (Å²) in [6.45, 7) is 3.25. The van der Waals surface area contributed by atoms with Crippen molar-refractivity contribution in [1.82, 2.24) is 9.88 Å². The largest absolute Gasteiger partial charge is 0.326 e. The van der Waals surface area contributed by atoms with Crippen molar-refractivity contribution in [3.63, 3.8) is 0 Å². The number of pyridine rings is 1. The van der Waals surface area contributed by atoms with Crippen molar-refractivity contribution in [2.75, 3.05) is 30.4 Å². The second kappa shape index (κ2) is 7.91. The van der Waals surface area contributed by atoms with E-state index in [0.717, 1.165) is 31.9 Å². The summed E-state index contributed by atoms with van der Waals surface area (Å²) < 4.78 is 0.753. The molecule has 160 valence electrons. The molecule has 1 fully saturated rings. The highest BCUT2D eigenvalue weighted by Gasteiger charge is 2.29. The number of hydrogen-bond donors (Lipinski definition) is 1. The van der Waals surface area contributed by atoms with E-state index in [1.165, 1.54) is 0 Å². The van der Waals surface area contributed by atoms with E-state index in [4.69, 9.17) is 0 Å². The fourth-order valence-electron chi connectivity index (χ4n) is 4.22. The van der Waals surface area contributed by atoms with E-state index < -0.39 is 0 Å². The third kappa shape index (κ3) is 3.29. The SMILES string of the molecule is Cc1cnc2c(NC(=O)c3ccc4ccccc4c3Br)cccc2c1N1CCN(C)C1=O. The molecule has 0 unspecified atom stereocenters. The van der Waals surface area contributed by atoms with Crippen LogP contribution in [0.25, 0.3) is 21.7 Å². The van der Waals surface area contributed by atoms with E-state index in [9.17, 15) is 9.59 Å². The summed E-state index contributed by atoms with van der Waals surface area (Å²) in [5.74, 6) is -0.226. The van der Waals surface area contributed by atoms with E-state index in [0.29, 0.717) is 29.9 Å². The van der Waals surface area contributed by atoms with Crippen LogP contribution >= 0.6 is 15.9 Å². The maximum atomic E-state index is 13.2. The Hall–Kier alpha value is -3.45. The molecule has 0 radical (unpaired) electrons. The number of nitrogens with zero attached hydrogens (tertiary/aromatic N) is 3. The van der Waals surface area contributed by atoms with Crippen LogP contribution in [0.2, 0.25) is 0 Å². The van der Waals surface area contributed by atoms with Crippen molar-refractivity contribution in [3.05, 3.63) is 76.4 Å². The van der Waals surface area contributed by atoms with Crippen LogP contribution in [0.1, 0.15) is 15.9 Å². The normalized spacial score (nSPS) is 13.9. The molecule has 1 aliphatic rings. The number of fused-ring (bicyclic) bond motifs is 2. The molecule has 0 saturated carbocycles. The van der Waals surface area contributed by atoms with Crippen LogP contribution in [0.15, 0.2) is 65.3 Å². The van der Waals surface area contributed by atoms with E-state index >= 15 is 0 Å². The predicted octanol–water partition coefficient (Wildman–Crippen LogP) is 5.58. The van der Waals surface area contributed by atoms with Gasteiger partial charge in [0.1, 0.15) is 0 Å². The number of amides is 3. The zero-order valence-corrected chi connectivity index (χ0v) is 19.3. The van der Waals surface area contributed by atoms with Gasteiger partial charge in [0.05, 0.1) is 22.5 Å². The van der Waals surface area contributed by atoms with Gasteiger partial charge in [-0.25, -0.2) is 4.79 Å². The monoisotopic (exact) mass is 488 g/mol. The molecule has 3 aromatic carbocycles. The van der Waals surface area contributed by atoms with Gasteiger partial charge in [0, 0.05) is 36.2 Å². The first-order chi connectivity index (χ1) is 15.5. The Morgan fingerprint density at radius 1 is 1.03 bits per heavy atom. The quantitative estimate of drug-likeness (QED) is 0.409. The summed E-state index contributed by atoms with van der Waals surface area (Å²) in [6.07, 6.45) is 1.75. The van der Waals surface area contributed by atoms with Crippen molar-refractivity contribution >= 4 is 60.9 Å². The molecule has 1 N–H and O–H groups in total. The number of anilines is 2. The minimum Gasteiger partial charge on any atom is -0.326 e. The van der Waals surface area contributed by atoms with Gasteiger partial charge >= 0.3 is 6.03 Å². The predicted molar refractivity (Wildman–Crippen MR) is 131 cm³/mol. The molecule has 0 spiro atoms. The third-order valence-corrected chi connectivity index (χ3v) is 6.75. The first kappa shape index (κ1) is 20.5. The number of para-hydroxylation sites is 1. The number of urea groups is 1. The molecule has 6 nitrogen and oxygen atoms in total. The highest BCUT2D eigenvalue weighted by Crippen LogP contribution is 2.35. The van der Waals surface area contributed by atoms with Crippen molar-refractivity contribution in [2.24, 2.45) is 0 Å². The molecule has 2 heterocycles. The fraction of sp³-hybridized carbons (Fsp3) is 0.160. The Kier molecular flexibility index (Phi) is 5.06. The van der Waals surface area contributed by atoms with Crippen LogP contribution in [0.5, 0.6) is 0 Å². The number of nitrogens with one attached hydrogen (secondary N) is 1. The Bertz CT molecular complexity index is 1400. The van der Waals surface area contributed by atoms with E-state index in [1.54, 1.807) is 23.0 Å². The highest BCUT2D eigenvalue weighted by atomic mass is 79.9. The maximum absolute atomic E-state index is 13.2. The Labute approximate surface area is 194 Å². The van der Waals surface area contributed by atoms with E-state index in [1.807, 2.05) is 61.5 Å².